The zero-order valence-electron chi connectivity index (χ0n) is 12.3. The summed E-state index contributed by atoms with van der Waals surface area (Å²) in [5.41, 5.74) is 1.11. The minimum Gasteiger partial charge on any atom is -0.314 e. The van der Waals surface area contributed by atoms with Crippen LogP contribution in [0.25, 0.3) is 0 Å². The number of hydrogen-bond acceptors (Lipinski definition) is 1. The number of nitrogens with one attached hydrogen (secondary N) is 1. The van der Waals surface area contributed by atoms with Crippen molar-refractivity contribution in [2.75, 3.05) is 6.54 Å². The van der Waals surface area contributed by atoms with Gasteiger partial charge in [-0.05, 0) is 55.8 Å². The Hall–Kier alpha value is -0.600. The molecule has 1 rings (SSSR count). The summed E-state index contributed by atoms with van der Waals surface area (Å²) in [6.45, 7) is 9.91. The molecule has 0 saturated carbocycles. The van der Waals surface area contributed by atoms with Crippen LogP contribution in [0, 0.1) is 17.7 Å². The first-order chi connectivity index (χ1) is 8.95. The molecule has 3 heteroatoms. The highest BCUT2D eigenvalue weighted by Crippen LogP contribution is 2.24. The van der Waals surface area contributed by atoms with Gasteiger partial charge < -0.3 is 5.32 Å². The van der Waals surface area contributed by atoms with Crippen LogP contribution in [-0.4, -0.2) is 12.6 Å². The summed E-state index contributed by atoms with van der Waals surface area (Å²) in [6.07, 6.45) is 2.06. The van der Waals surface area contributed by atoms with E-state index in [-0.39, 0.29) is 10.8 Å². The van der Waals surface area contributed by atoms with Crippen molar-refractivity contribution in [1.82, 2.24) is 5.32 Å². The maximum absolute atomic E-state index is 13.2. The molecule has 1 aromatic carbocycles. The minimum absolute atomic E-state index is 0.217. The zero-order valence-corrected chi connectivity index (χ0v) is 13.1. The fourth-order valence-corrected chi connectivity index (χ4v) is 2.66. The summed E-state index contributed by atoms with van der Waals surface area (Å²) in [6, 6.07) is 5.49. The van der Waals surface area contributed by atoms with Crippen LogP contribution in [0.15, 0.2) is 18.2 Å². The van der Waals surface area contributed by atoms with E-state index in [1.165, 1.54) is 6.07 Å². The average molecular weight is 286 g/mol. The van der Waals surface area contributed by atoms with E-state index in [0.29, 0.717) is 17.9 Å². The second-order valence-corrected chi connectivity index (χ2v) is 6.01. The molecular weight excluding hydrogens is 261 g/mol. The Labute approximate surface area is 121 Å². The highest BCUT2D eigenvalue weighted by molar-refractivity contribution is 6.30. The van der Waals surface area contributed by atoms with Gasteiger partial charge in [0.1, 0.15) is 5.82 Å². The first-order valence-electron chi connectivity index (χ1n) is 7.13. The summed E-state index contributed by atoms with van der Waals surface area (Å²) in [4.78, 5) is 0. The lowest BCUT2D eigenvalue weighted by Gasteiger charge is -2.28. The summed E-state index contributed by atoms with van der Waals surface area (Å²) < 4.78 is 13.2. The highest BCUT2D eigenvalue weighted by atomic mass is 35.5. The van der Waals surface area contributed by atoms with E-state index in [1.807, 2.05) is 6.07 Å². The zero-order chi connectivity index (χ0) is 14.4. The summed E-state index contributed by atoms with van der Waals surface area (Å²) >= 11 is 5.85. The van der Waals surface area contributed by atoms with Gasteiger partial charge in [-0.1, -0.05) is 38.4 Å². The van der Waals surface area contributed by atoms with Gasteiger partial charge in [-0.15, -0.1) is 0 Å². The maximum atomic E-state index is 13.2. The third kappa shape index (κ3) is 5.12. The Balaban J connectivity index is 2.74. The largest absolute Gasteiger partial charge is 0.314 e. The quantitative estimate of drug-likeness (QED) is 0.767. The number of halogens is 2. The molecule has 108 valence electrons. The van der Waals surface area contributed by atoms with Crippen molar-refractivity contribution in [3.63, 3.8) is 0 Å². The van der Waals surface area contributed by atoms with Crippen molar-refractivity contribution in [2.24, 2.45) is 11.8 Å². The minimum atomic E-state index is -0.344. The lowest BCUT2D eigenvalue weighted by atomic mass is 9.84. The van der Waals surface area contributed by atoms with E-state index in [4.69, 9.17) is 11.6 Å². The van der Waals surface area contributed by atoms with Gasteiger partial charge in [0.2, 0.25) is 0 Å². The Kier molecular flexibility index (Phi) is 6.81. The van der Waals surface area contributed by atoms with E-state index >= 15 is 0 Å². The fraction of sp³-hybridized carbons (Fsp3) is 0.625. The molecule has 0 bridgehead atoms. The van der Waals surface area contributed by atoms with Gasteiger partial charge in [-0.2, -0.15) is 0 Å². The van der Waals surface area contributed by atoms with E-state index in [1.54, 1.807) is 6.07 Å². The van der Waals surface area contributed by atoms with Crippen LogP contribution in [0.2, 0.25) is 5.02 Å². The van der Waals surface area contributed by atoms with Crippen LogP contribution < -0.4 is 5.32 Å². The fourth-order valence-electron chi connectivity index (χ4n) is 2.45. The molecule has 0 aliphatic heterocycles. The summed E-state index contributed by atoms with van der Waals surface area (Å²) in [5.74, 6) is 0.750. The first-order valence-corrected chi connectivity index (χ1v) is 7.50. The Morgan fingerprint density at radius 1 is 1.26 bits per heavy atom. The topological polar surface area (TPSA) is 12.0 Å². The van der Waals surface area contributed by atoms with Crippen LogP contribution in [0.5, 0.6) is 0 Å². The SMILES string of the molecule is CCCNC(C)C(Cc1ccc(F)c(Cl)c1)C(C)C. The van der Waals surface area contributed by atoms with Gasteiger partial charge >= 0.3 is 0 Å². The second-order valence-electron chi connectivity index (χ2n) is 5.60. The molecule has 0 saturated heterocycles. The molecule has 19 heavy (non-hydrogen) atoms. The van der Waals surface area contributed by atoms with Crippen LogP contribution in [0.4, 0.5) is 4.39 Å². The van der Waals surface area contributed by atoms with Gasteiger partial charge in [-0.25, -0.2) is 4.39 Å². The molecule has 0 aliphatic rings. The van der Waals surface area contributed by atoms with Gasteiger partial charge in [0.25, 0.3) is 0 Å². The summed E-state index contributed by atoms with van der Waals surface area (Å²) in [5, 5.41) is 3.77. The second kappa shape index (κ2) is 7.86. The Morgan fingerprint density at radius 3 is 2.47 bits per heavy atom. The third-order valence-electron chi connectivity index (χ3n) is 3.67. The molecule has 0 spiro atoms. The third-order valence-corrected chi connectivity index (χ3v) is 3.96. The number of hydrogen-bond donors (Lipinski definition) is 1. The average Bonchev–Trinajstić information content (AvgIpc) is 2.36. The smallest absolute Gasteiger partial charge is 0.141 e. The predicted molar refractivity (Wildman–Crippen MR) is 81.2 cm³/mol. The van der Waals surface area contributed by atoms with Crippen molar-refractivity contribution in [1.29, 1.82) is 0 Å². The number of benzene rings is 1. The van der Waals surface area contributed by atoms with E-state index in [9.17, 15) is 4.39 Å². The molecule has 1 N–H and O–H groups in total. The van der Waals surface area contributed by atoms with E-state index < -0.39 is 0 Å². The molecule has 0 amide bonds. The molecule has 1 aromatic rings. The normalized spacial score (nSPS) is 14.7. The first kappa shape index (κ1) is 16.5. The Morgan fingerprint density at radius 2 is 1.95 bits per heavy atom. The van der Waals surface area contributed by atoms with Crippen LogP contribution in [0.1, 0.15) is 39.7 Å². The van der Waals surface area contributed by atoms with E-state index in [2.05, 4.69) is 33.0 Å². The van der Waals surface area contributed by atoms with Gasteiger partial charge in [0, 0.05) is 6.04 Å². The predicted octanol–water partition coefficient (Wildman–Crippen LogP) is 4.68. The van der Waals surface area contributed by atoms with Crippen molar-refractivity contribution < 1.29 is 4.39 Å². The molecule has 0 heterocycles. The van der Waals surface area contributed by atoms with Crippen molar-refractivity contribution in [3.8, 4) is 0 Å². The number of rotatable bonds is 7. The van der Waals surface area contributed by atoms with Gasteiger partial charge in [0.15, 0.2) is 0 Å². The molecule has 0 aromatic heterocycles. The Bertz CT molecular complexity index is 392. The molecule has 1 nitrogen and oxygen atoms in total. The van der Waals surface area contributed by atoms with Crippen molar-refractivity contribution >= 4 is 11.6 Å². The van der Waals surface area contributed by atoms with Crippen molar-refractivity contribution in [3.05, 3.63) is 34.6 Å². The molecule has 2 unspecified atom stereocenters. The molecular formula is C16H25ClFN. The lowest BCUT2D eigenvalue weighted by molar-refractivity contribution is 0.289. The monoisotopic (exact) mass is 285 g/mol. The lowest BCUT2D eigenvalue weighted by Crippen LogP contribution is -2.37. The molecule has 0 aliphatic carbocycles. The molecule has 0 fully saturated rings. The summed E-state index contributed by atoms with van der Waals surface area (Å²) in [7, 11) is 0. The van der Waals surface area contributed by atoms with Gasteiger partial charge in [0.05, 0.1) is 5.02 Å². The molecule has 0 radical (unpaired) electrons. The molecule has 2 atom stereocenters. The van der Waals surface area contributed by atoms with Gasteiger partial charge in [-0.3, -0.25) is 0 Å². The van der Waals surface area contributed by atoms with E-state index in [0.717, 1.165) is 24.9 Å². The highest BCUT2D eigenvalue weighted by Gasteiger charge is 2.21. The van der Waals surface area contributed by atoms with Crippen LogP contribution >= 0.6 is 11.6 Å². The standard InChI is InChI=1S/C16H25ClFN/c1-5-8-19-12(4)14(11(2)3)9-13-6-7-16(18)15(17)10-13/h6-7,10-12,14,19H,5,8-9H2,1-4H3. The van der Waals surface area contributed by atoms with Crippen LogP contribution in [-0.2, 0) is 6.42 Å². The van der Waals surface area contributed by atoms with Crippen molar-refractivity contribution in [2.45, 2.75) is 46.6 Å². The maximum Gasteiger partial charge on any atom is 0.141 e. The van der Waals surface area contributed by atoms with Crippen LogP contribution in [0.3, 0.4) is 0 Å².